The molecule has 8 aromatic rings. The van der Waals surface area contributed by atoms with E-state index in [9.17, 15) is 14.4 Å². The average Bonchev–Trinajstić information content (AvgIpc) is 3.93. The predicted molar refractivity (Wildman–Crippen MR) is 248 cm³/mol. The van der Waals surface area contributed by atoms with Crippen molar-refractivity contribution in [2.45, 2.75) is 45.6 Å². The summed E-state index contributed by atoms with van der Waals surface area (Å²) in [6, 6.07) is 39.2. The maximum absolute atomic E-state index is 12.2. The Hall–Kier alpha value is -8.79. The molecular formula is C53H42N8O4. The van der Waals surface area contributed by atoms with Crippen LogP contribution in [-0.2, 0) is 19.4 Å². The Morgan fingerprint density at radius 1 is 0.569 bits per heavy atom. The molecule has 9 rings (SSSR count). The van der Waals surface area contributed by atoms with Gasteiger partial charge in [0, 0.05) is 61.8 Å². The van der Waals surface area contributed by atoms with Gasteiger partial charge in [0.2, 0.25) is 11.7 Å². The van der Waals surface area contributed by atoms with E-state index in [1.165, 1.54) is 15.1 Å². The van der Waals surface area contributed by atoms with E-state index in [2.05, 4.69) is 78.7 Å². The summed E-state index contributed by atoms with van der Waals surface area (Å²) in [7, 11) is 0. The molecule has 0 fully saturated rings. The number of aryl methyl sites for hydroxylation is 3. The maximum Gasteiger partial charge on any atom is 0.274 e. The lowest BCUT2D eigenvalue weighted by Crippen LogP contribution is -2.30. The van der Waals surface area contributed by atoms with Crippen LogP contribution < -0.4 is 5.56 Å². The molecule has 0 saturated carbocycles. The molecule has 1 aliphatic heterocycles. The van der Waals surface area contributed by atoms with Crippen LogP contribution in [0.4, 0.5) is 0 Å². The Morgan fingerprint density at radius 2 is 1.09 bits per heavy atom. The van der Waals surface area contributed by atoms with Crippen LogP contribution in [0.25, 0.3) is 22.2 Å². The average molecular weight is 855 g/mol. The minimum Gasteiger partial charge on any atom is -0.339 e. The highest BCUT2D eigenvalue weighted by molar-refractivity contribution is 6.21. The van der Waals surface area contributed by atoms with E-state index < -0.39 is 0 Å². The first kappa shape index (κ1) is 44.3. The summed E-state index contributed by atoms with van der Waals surface area (Å²) in [6.45, 7) is 2.89. The molecule has 3 aromatic carbocycles. The Morgan fingerprint density at radius 3 is 1.68 bits per heavy atom. The zero-order valence-electron chi connectivity index (χ0n) is 35.6. The molecule has 0 atom stereocenters. The van der Waals surface area contributed by atoms with Gasteiger partial charge in [-0.05, 0) is 84.3 Å². The highest BCUT2D eigenvalue weighted by atomic mass is 16.5. The topological polar surface area (TPSA) is 150 Å². The van der Waals surface area contributed by atoms with Crippen molar-refractivity contribution in [1.29, 1.82) is 0 Å². The van der Waals surface area contributed by atoms with Gasteiger partial charge in [-0.15, -0.1) is 0 Å². The summed E-state index contributed by atoms with van der Waals surface area (Å²) < 4.78 is 6.78. The molecule has 0 saturated heterocycles. The number of carbonyl (C=O) groups is 2. The molecule has 5 aromatic heterocycles. The molecule has 0 unspecified atom stereocenters. The minimum absolute atomic E-state index is 0.0762. The molecule has 6 heterocycles. The fraction of sp³-hybridized carbons (Fsp3) is 0.151. The summed E-state index contributed by atoms with van der Waals surface area (Å²) in [6.07, 6.45) is 10.1. The van der Waals surface area contributed by atoms with Crippen molar-refractivity contribution in [2.75, 3.05) is 6.54 Å². The molecule has 12 nitrogen and oxygen atoms in total. The minimum atomic E-state index is -0.241. The third-order valence-electron chi connectivity index (χ3n) is 9.76. The first-order chi connectivity index (χ1) is 32.0. The van der Waals surface area contributed by atoms with Crippen LogP contribution in [0.1, 0.15) is 75.4 Å². The van der Waals surface area contributed by atoms with Crippen LogP contribution in [0, 0.1) is 35.5 Å². The SMILES string of the molecule is CCc1ccccc1-c1noc(CCC#Cc2ccccn2)n1.O=C1c2ccccc2C(=O)N1CCC#Cc1ccccn1.O=c1c2ccccc2cnn1CCC#Cc1ccccn1. The third-order valence-corrected chi connectivity index (χ3v) is 9.76. The number of rotatable bonds is 8. The lowest BCUT2D eigenvalue weighted by Gasteiger charge is -2.10. The van der Waals surface area contributed by atoms with Gasteiger partial charge < -0.3 is 4.52 Å². The standard InChI is InChI=1S/C19H17N3O.C17H13N3O.C17H12N2O2/c1-2-15-9-3-5-12-17(15)19-21-18(23-22-19)13-6-4-10-16-11-7-8-14-20-16;21-17-16-10-2-1-7-14(16)13-19-20(17)12-6-4-9-15-8-3-5-11-18-15;20-16-14-9-1-2-10-15(14)17(21)19(16)12-6-4-8-13-7-3-5-11-18-13/h3,5,7-9,11-12,14H,2,6,13H2,1H3;1-3,5,7-8,10-11,13H,6,12H2;1-3,5,7,9-11H,6,12H2. The summed E-state index contributed by atoms with van der Waals surface area (Å²) in [5, 5.41) is 9.80. The highest BCUT2D eigenvalue weighted by Gasteiger charge is 2.34. The summed E-state index contributed by atoms with van der Waals surface area (Å²) in [5.74, 6) is 18.7. The van der Waals surface area contributed by atoms with E-state index in [0.29, 0.717) is 72.7 Å². The van der Waals surface area contributed by atoms with Crippen molar-refractivity contribution in [3.8, 4) is 46.9 Å². The Kier molecular flexibility index (Phi) is 15.6. The van der Waals surface area contributed by atoms with Crippen molar-refractivity contribution in [3.63, 3.8) is 0 Å². The number of imide groups is 1. The van der Waals surface area contributed by atoms with Crippen molar-refractivity contribution in [3.05, 3.63) is 202 Å². The number of amides is 2. The van der Waals surface area contributed by atoms with E-state index in [-0.39, 0.29) is 17.4 Å². The Labute approximate surface area is 376 Å². The van der Waals surface area contributed by atoms with Crippen LogP contribution in [0.2, 0.25) is 0 Å². The lowest BCUT2D eigenvalue weighted by atomic mass is 10.1. The first-order valence-electron chi connectivity index (χ1n) is 21.0. The maximum atomic E-state index is 12.2. The molecule has 318 valence electrons. The van der Waals surface area contributed by atoms with Crippen molar-refractivity contribution in [2.24, 2.45) is 0 Å². The molecule has 0 radical (unpaired) electrons. The number of hydrogen-bond donors (Lipinski definition) is 0. The molecule has 1 aliphatic rings. The van der Waals surface area contributed by atoms with E-state index >= 15 is 0 Å². The number of pyridine rings is 3. The van der Waals surface area contributed by atoms with Crippen LogP contribution >= 0.6 is 0 Å². The second-order valence-electron chi connectivity index (χ2n) is 14.1. The third kappa shape index (κ3) is 12.2. The van der Waals surface area contributed by atoms with Crippen LogP contribution in [0.3, 0.4) is 0 Å². The van der Waals surface area contributed by atoms with E-state index in [4.69, 9.17) is 4.52 Å². The van der Waals surface area contributed by atoms with Crippen LogP contribution in [0.15, 0.2) is 161 Å². The predicted octanol–water partition coefficient (Wildman–Crippen LogP) is 8.03. The number of benzene rings is 3. The number of fused-ring (bicyclic) bond motifs is 2. The van der Waals surface area contributed by atoms with Gasteiger partial charge >= 0.3 is 0 Å². The Bertz CT molecular complexity index is 3100. The molecule has 0 spiro atoms. The molecule has 12 heteroatoms. The highest BCUT2D eigenvalue weighted by Crippen LogP contribution is 2.23. The normalized spacial score (nSPS) is 11.0. The summed E-state index contributed by atoms with van der Waals surface area (Å²) in [4.78, 5) is 54.6. The summed E-state index contributed by atoms with van der Waals surface area (Å²) in [5.41, 5.74) is 5.30. The van der Waals surface area contributed by atoms with Gasteiger partial charge in [0.1, 0.15) is 17.1 Å². The zero-order valence-corrected chi connectivity index (χ0v) is 35.6. The largest absolute Gasteiger partial charge is 0.339 e. The quantitative estimate of drug-likeness (QED) is 0.109. The summed E-state index contributed by atoms with van der Waals surface area (Å²) >= 11 is 0. The first-order valence-corrected chi connectivity index (χ1v) is 21.0. The number of nitrogens with zero attached hydrogens (tertiary/aromatic N) is 8. The monoisotopic (exact) mass is 854 g/mol. The number of aromatic nitrogens is 7. The van der Waals surface area contributed by atoms with E-state index in [1.807, 2.05) is 97.1 Å². The fourth-order valence-electron chi connectivity index (χ4n) is 6.51. The van der Waals surface area contributed by atoms with E-state index in [1.54, 1.807) is 49.1 Å². The van der Waals surface area contributed by atoms with Gasteiger partial charge in [-0.25, -0.2) is 19.6 Å². The van der Waals surface area contributed by atoms with Gasteiger partial charge in [-0.2, -0.15) is 10.1 Å². The molecule has 0 aliphatic carbocycles. The van der Waals surface area contributed by atoms with Gasteiger partial charge in [0.25, 0.3) is 17.4 Å². The zero-order chi connectivity index (χ0) is 45.1. The second-order valence-corrected chi connectivity index (χ2v) is 14.1. The lowest BCUT2D eigenvalue weighted by molar-refractivity contribution is 0.0657. The number of hydrogen-bond acceptors (Lipinski definition) is 10. The Balaban J connectivity index is 0.000000146. The van der Waals surface area contributed by atoms with Crippen molar-refractivity contribution < 1.29 is 14.1 Å². The molecule has 0 bridgehead atoms. The van der Waals surface area contributed by atoms with Gasteiger partial charge in [-0.3, -0.25) is 19.3 Å². The van der Waals surface area contributed by atoms with Crippen LogP contribution in [0.5, 0.6) is 0 Å². The molecule has 0 N–H and O–H groups in total. The molecule has 2 amide bonds. The molecule has 65 heavy (non-hydrogen) atoms. The smallest absolute Gasteiger partial charge is 0.274 e. The van der Waals surface area contributed by atoms with Crippen molar-refractivity contribution >= 4 is 22.6 Å². The fourth-order valence-corrected chi connectivity index (χ4v) is 6.51. The van der Waals surface area contributed by atoms with Gasteiger partial charge in [0.05, 0.1) is 29.3 Å². The molecular weight excluding hydrogens is 813 g/mol. The second kappa shape index (κ2) is 22.9. The number of carbonyl (C=O) groups excluding carboxylic acids is 2. The van der Waals surface area contributed by atoms with Gasteiger partial charge in [0.15, 0.2) is 0 Å². The van der Waals surface area contributed by atoms with Gasteiger partial charge in [-0.1, -0.05) is 103 Å². The van der Waals surface area contributed by atoms with E-state index in [0.717, 1.165) is 28.8 Å². The van der Waals surface area contributed by atoms with Crippen LogP contribution in [-0.4, -0.2) is 58.1 Å². The van der Waals surface area contributed by atoms with Crippen molar-refractivity contribution in [1.82, 2.24) is 39.8 Å².